The van der Waals surface area contributed by atoms with Crippen LogP contribution < -0.4 is 16.1 Å². The highest BCUT2D eigenvalue weighted by molar-refractivity contribution is 6.01. The molecule has 0 saturated carbocycles. The van der Waals surface area contributed by atoms with Crippen LogP contribution in [0.3, 0.4) is 0 Å². The SMILES string of the molecule is CC(=O)Nc1cccc2c1ccn2CC(=O)N1CC2CC(C1)c1ccc(N([O-])O)c(=O)n1C2. The molecule has 2 N–H and O–H groups in total. The molecule has 2 aromatic heterocycles. The minimum absolute atomic E-state index is 0.00484. The maximum absolute atomic E-state index is 13.2. The van der Waals surface area contributed by atoms with E-state index in [0.717, 1.165) is 23.0 Å². The first-order chi connectivity index (χ1) is 15.8. The Morgan fingerprint density at radius 3 is 2.76 bits per heavy atom. The molecule has 2 atom stereocenters. The van der Waals surface area contributed by atoms with Gasteiger partial charge in [0.25, 0.3) is 5.56 Å². The van der Waals surface area contributed by atoms with Gasteiger partial charge in [-0.3, -0.25) is 19.6 Å². The van der Waals surface area contributed by atoms with Gasteiger partial charge in [0.15, 0.2) is 0 Å². The second-order valence-electron chi connectivity index (χ2n) is 8.79. The maximum Gasteiger partial charge on any atom is 0.275 e. The summed E-state index contributed by atoms with van der Waals surface area (Å²) in [6.07, 6.45) is 2.72. The van der Waals surface area contributed by atoms with Gasteiger partial charge < -0.3 is 29.8 Å². The Kier molecular flexibility index (Phi) is 5.18. The van der Waals surface area contributed by atoms with Gasteiger partial charge in [-0.15, -0.1) is 0 Å². The van der Waals surface area contributed by atoms with Gasteiger partial charge in [-0.05, 0) is 42.7 Å². The summed E-state index contributed by atoms with van der Waals surface area (Å²) >= 11 is 0. The Balaban J connectivity index is 1.36. The first-order valence-corrected chi connectivity index (χ1v) is 10.8. The Labute approximate surface area is 189 Å². The van der Waals surface area contributed by atoms with Gasteiger partial charge in [-0.25, -0.2) is 0 Å². The van der Waals surface area contributed by atoms with Crippen LogP contribution in [0.2, 0.25) is 0 Å². The van der Waals surface area contributed by atoms with Crippen LogP contribution in [0.15, 0.2) is 47.4 Å². The molecule has 2 unspecified atom stereocenters. The summed E-state index contributed by atoms with van der Waals surface area (Å²) in [6.45, 7) is 3.06. The third kappa shape index (κ3) is 3.77. The zero-order valence-electron chi connectivity index (χ0n) is 18.1. The molecule has 2 bridgehead atoms. The molecule has 2 aliphatic rings. The molecule has 2 amide bonds. The molecule has 10 heteroatoms. The predicted molar refractivity (Wildman–Crippen MR) is 122 cm³/mol. The number of amides is 2. The first-order valence-electron chi connectivity index (χ1n) is 10.8. The number of anilines is 2. The number of rotatable bonds is 4. The van der Waals surface area contributed by atoms with Gasteiger partial charge >= 0.3 is 0 Å². The predicted octanol–water partition coefficient (Wildman–Crippen LogP) is 2.10. The van der Waals surface area contributed by atoms with E-state index in [4.69, 9.17) is 0 Å². The Morgan fingerprint density at radius 1 is 1.18 bits per heavy atom. The summed E-state index contributed by atoms with van der Waals surface area (Å²) in [4.78, 5) is 39.1. The molecular formula is C23H24N5O5-. The number of likely N-dealkylation sites (tertiary alicyclic amines) is 1. The number of carbonyl (C=O) groups excluding carboxylic acids is 2. The number of aromatic nitrogens is 2. The van der Waals surface area contributed by atoms with Crippen LogP contribution in [0.25, 0.3) is 10.9 Å². The lowest BCUT2D eigenvalue weighted by Gasteiger charge is -2.43. The number of fused-ring (bicyclic) bond motifs is 5. The Bertz CT molecular complexity index is 1310. The van der Waals surface area contributed by atoms with Crippen LogP contribution in [0.1, 0.15) is 25.0 Å². The summed E-state index contributed by atoms with van der Waals surface area (Å²) in [7, 11) is 0. The molecule has 1 fully saturated rings. The number of benzene rings is 1. The molecule has 1 saturated heterocycles. The van der Waals surface area contributed by atoms with E-state index >= 15 is 0 Å². The molecule has 3 aromatic rings. The van der Waals surface area contributed by atoms with Gasteiger partial charge in [-0.1, -0.05) is 6.07 Å². The topological polar surface area (TPSA) is 123 Å². The number of pyridine rings is 1. The highest BCUT2D eigenvalue weighted by Gasteiger charge is 2.36. The van der Waals surface area contributed by atoms with Gasteiger partial charge in [-0.2, -0.15) is 0 Å². The van der Waals surface area contributed by atoms with Crippen molar-refractivity contribution >= 4 is 34.1 Å². The third-order valence-corrected chi connectivity index (χ3v) is 6.57. The highest BCUT2D eigenvalue weighted by Crippen LogP contribution is 2.36. The first kappa shape index (κ1) is 21.2. The highest BCUT2D eigenvalue weighted by atomic mass is 16.8. The van der Waals surface area contributed by atoms with Crippen molar-refractivity contribution in [3.63, 3.8) is 0 Å². The number of piperidine rings is 1. The monoisotopic (exact) mass is 450 g/mol. The van der Waals surface area contributed by atoms with E-state index < -0.39 is 10.8 Å². The molecule has 5 rings (SSSR count). The minimum atomic E-state index is -0.506. The van der Waals surface area contributed by atoms with Gasteiger partial charge in [0, 0.05) is 49.8 Å². The van der Waals surface area contributed by atoms with Crippen molar-refractivity contribution < 1.29 is 14.8 Å². The van der Waals surface area contributed by atoms with Crippen LogP contribution in [0.4, 0.5) is 11.4 Å². The van der Waals surface area contributed by atoms with E-state index in [9.17, 15) is 24.8 Å². The zero-order chi connectivity index (χ0) is 23.3. The number of carbonyl (C=O) groups is 2. The smallest absolute Gasteiger partial charge is 0.275 e. The summed E-state index contributed by atoms with van der Waals surface area (Å²) < 4.78 is 3.43. The molecule has 172 valence electrons. The quantitative estimate of drug-likeness (QED) is 0.587. The largest absolute Gasteiger partial charge is 0.733 e. The van der Waals surface area contributed by atoms with Crippen LogP contribution >= 0.6 is 0 Å². The van der Waals surface area contributed by atoms with Gasteiger partial charge in [0.05, 0.1) is 11.2 Å². The number of nitrogens with one attached hydrogen (secondary N) is 1. The average molecular weight is 450 g/mol. The maximum atomic E-state index is 13.2. The fraction of sp³-hybridized carbons (Fsp3) is 0.348. The normalized spacial score (nSPS) is 19.3. The summed E-state index contributed by atoms with van der Waals surface area (Å²) in [5, 5.41) is 23.7. The zero-order valence-corrected chi connectivity index (χ0v) is 18.1. The standard InChI is InChI=1S/C23H24N5O5/c1-14(29)24-18-3-2-4-20-17(18)7-8-25(20)13-22(30)26-10-15-9-16(12-26)19-5-6-21(28(32)33)23(31)27(19)11-15/h2-8,15-16,32H,9-13H2,1H3,(H,24,29)/q-1. The molecule has 10 nitrogen and oxygen atoms in total. The van der Waals surface area contributed by atoms with Gasteiger partial charge in [0.1, 0.15) is 12.2 Å². The molecule has 2 aliphatic heterocycles. The average Bonchev–Trinajstić information content (AvgIpc) is 3.17. The lowest BCUT2D eigenvalue weighted by molar-refractivity contribution is -0.134. The molecule has 1 aromatic carbocycles. The fourth-order valence-electron chi connectivity index (χ4n) is 5.19. The Morgan fingerprint density at radius 2 is 2.00 bits per heavy atom. The molecule has 0 radical (unpaired) electrons. The van der Waals surface area contributed by atoms with Crippen LogP contribution in [0.5, 0.6) is 0 Å². The van der Waals surface area contributed by atoms with Gasteiger partial charge in [0.2, 0.25) is 11.8 Å². The second-order valence-corrected chi connectivity index (χ2v) is 8.79. The van der Waals surface area contributed by atoms with E-state index in [1.165, 1.54) is 13.0 Å². The van der Waals surface area contributed by atoms with E-state index in [2.05, 4.69) is 5.32 Å². The number of nitrogens with zero attached hydrogens (tertiary/aromatic N) is 4. The second kappa shape index (κ2) is 8.05. The molecular weight excluding hydrogens is 426 g/mol. The Hall–Kier alpha value is -3.63. The third-order valence-electron chi connectivity index (χ3n) is 6.57. The van der Waals surface area contributed by atoms with Crippen molar-refractivity contribution in [3.8, 4) is 0 Å². The van der Waals surface area contributed by atoms with Crippen molar-refractivity contribution in [3.05, 3.63) is 63.9 Å². The van der Waals surface area contributed by atoms with E-state index in [0.29, 0.717) is 25.3 Å². The van der Waals surface area contributed by atoms with Crippen molar-refractivity contribution in [1.82, 2.24) is 14.0 Å². The number of hydrogen-bond acceptors (Lipinski definition) is 6. The van der Waals surface area contributed by atoms with E-state index in [1.807, 2.05) is 39.9 Å². The fourth-order valence-corrected chi connectivity index (χ4v) is 5.19. The van der Waals surface area contributed by atoms with Crippen molar-refractivity contribution in [2.75, 3.05) is 23.6 Å². The summed E-state index contributed by atoms with van der Waals surface area (Å²) in [5.41, 5.74) is 1.55. The molecule has 0 aliphatic carbocycles. The van der Waals surface area contributed by atoms with Crippen LogP contribution in [0, 0.1) is 11.1 Å². The van der Waals surface area contributed by atoms with Crippen molar-refractivity contribution in [2.45, 2.75) is 32.4 Å². The minimum Gasteiger partial charge on any atom is -0.733 e. The molecule has 4 heterocycles. The van der Waals surface area contributed by atoms with E-state index in [1.54, 1.807) is 10.6 Å². The van der Waals surface area contributed by atoms with E-state index in [-0.39, 0.29) is 35.9 Å². The lowest BCUT2D eigenvalue weighted by atomic mass is 9.83. The van der Waals surface area contributed by atoms with Crippen molar-refractivity contribution in [2.24, 2.45) is 5.92 Å². The van der Waals surface area contributed by atoms with Crippen molar-refractivity contribution in [1.29, 1.82) is 0 Å². The molecule has 0 spiro atoms. The summed E-state index contributed by atoms with van der Waals surface area (Å²) in [6, 6.07) is 10.5. The van der Waals surface area contributed by atoms with Crippen LogP contribution in [-0.2, 0) is 22.7 Å². The number of hydrogen-bond donors (Lipinski definition) is 2. The van der Waals surface area contributed by atoms with Crippen LogP contribution in [-0.4, -0.2) is 44.1 Å². The lowest BCUT2D eigenvalue weighted by Crippen LogP contribution is -2.50. The summed E-state index contributed by atoms with van der Waals surface area (Å²) in [5.74, 6) is -0.0743. The molecule has 33 heavy (non-hydrogen) atoms.